The first-order valence-electron chi connectivity index (χ1n) is 7.63. The second-order valence-corrected chi connectivity index (χ2v) is 9.54. The molecule has 2 rings (SSSR count). The van der Waals surface area contributed by atoms with E-state index in [1.54, 1.807) is 23.5 Å². The molecule has 12 heteroatoms. The molecule has 25 heavy (non-hydrogen) atoms. The molecule has 0 spiro atoms. The molecule has 8 nitrogen and oxygen atoms in total. The fourth-order valence-corrected chi connectivity index (χ4v) is 4.99. The molecule has 2 aromatic rings. The van der Waals surface area contributed by atoms with Crippen LogP contribution in [0.3, 0.4) is 0 Å². The Labute approximate surface area is 162 Å². The zero-order valence-electron chi connectivity index (χ0n) is 13.8. The zero-order chi connectivity index (χ0) is 18.1. The van der Waals surface area contributed by atoms with Crippen LogP contribution in [0.1, 0.15) is 33.1 Å². The summed E-state index contributed by atoms with van der Waals surface area (Å²) in [6, 6.07) is 0. The number of hydrogen-bond donors (Lipinski definition) is 2. The number of carbonyl (C=O) groups is 2. The molecule has 0 unspecified atom stereocenters. The van der Waals surface area contributed by atoms with Crippen molar-refractivity contribution in [2.45, 2.75) is 41.8 Å². The van der Waals surface area contributed by atoms with Crippen LogP contribution in [0.2, 0.25) is 0 Å². The van der Waals surface area contributed by atoms with Gasteiger partial charge in [0.1, 0.15) is 0 Å². The summed E-state index contributed by atoms with van der Waals surface area (Å²) >= 11 is 5.85. The van der Waals surface area contributed by atoms with E-state index in [1.165, 1.54) is 22.7 Å². The van der Waals surface area contributed by atoms with Crippen LogP contribution in [0.4, 0.5) is 10.3 Å². The molecule has 2 heterocycles. The van der Waals surface area contributed by atoms with E-state index in [0.29, 0.717) is 16.7 Å². The second kappa shape index (κ2) is 10.7. The third kappa shape index (κ3) is 7.26. The Kier molecular flexibility index (Phi) is 8.58. The van der Waals surface area contributed by atoms with Crippen LogP contribution < -0.4 is 10.6 Å². The number of amides is 2. The molecule has 0 aromatic carbocycles. The summed E-state index contributed by atoms with van der Waals surface area (Å²) in [5.41, 5.74) is 0. The maximum absolute atomic E-state index is 11.9. The summed E-state index contributed by atoms with van der Waals surface area (Å²) in [5.74, 6) is 1.47. The summed E-state index contributed by atoms with van der Waals surface area (Å²) in [6.07, 6.45) is 0.940. The van der Waals surface area contributed by atoms with Crippen molar-refractivity contribution in [1.29, 1.82) is 0 Å². The Balaban J connectivity index is 1.66. The molecule has 0 fully saturated rings. The minimum absolute atomic E-state index is 0.172. The largest absolute Gasteiger partial charge is 0.301 e. The predicted molar refractivity (Wildman–Crippen MR) is 104 cm³/mol. The maximum Gasteiger partial charge on any atom is 0.226 e. The topological polar surface area (TPSA) is 110 Å². The molecule has 0 bridgehead atoms. The monoisotopic (exact) mass is 418 g/mol. The van der Waals surface area contributed by atoms with E-state index in [9.17, 15) is 9.59 Å². The fourth-order valence-electron chi connectivity index (χ4n) is 1.66. The van der Waals surface area contributed by atoms with Crippen LogP contribution >= 0.6 is 46.2 Å². The number of thioether (sulfide) groups is 2. The standard InChI is InChI=1S/C13H18N6O2S4/c1-3-22-12-18-16-10(24-12)14-8(20)6-5-7-9(21)15-11-17-19-13(25-11)23-4-2/h3-7H2,1-2H3,(H,14,16,20)(H,15,17,21). The highest BCUT2D eigenvalue weighted by atomic mass is 32.2. The zero-order valence-corrected chi connectivity index (χ0v) is 17.0. The smallest absolute Gasteiger partial charge is 0.226 e. The van der Waals surface area contributed by atoms with E-state index in [2.05, 4.69) is 31.0 Å². The van der Waals surface area contributed by atoms with Gasteiger partial charge in [0.15, 0.2) is 8.68 Å². The van der Waals surface area contributed by atoms with Gasteiger partial charge in [-0.1, -0.05) is 60.0 Å². The first kappa shape index (κ1) is 20.1. The summed E-state index contributed by atoms with van der Waals surface area (Å²) in [5, 5.41) is 22.1. The molecule has 0 saturated heterocycles. The lowest BCUT2D eigenvalue weighted by Gasteiger charge is -2.02. The van der Waals surface area contributed by atoms with E-state index < -0.39 is 0 Å². The Hall–Kier alpha value is -1.24. The molecule has 0 radical (unpaired) electrons. The van der Waals surface area contributed by atoms with Crippen molar-refractivity contribution >= 4 is 68.3 Å². The van der Waals surface area contributed by atoms with Gasteiger partial charge in [0.25, 0.3) is 0 Å². The van der Waals surface area contributed by atoms with Crippen molar-refractivity contribution in [2.75, 3.05) is 22.1 Å². The summed E-state index contributed by atoms with van der Waals surface area (Å²) in [4.78, 5) is 23.7. The first-order valence-corrected chi connectivity index (χ1v) is 11.2. The maximum atomic E-state index is 11.9. The van der Waals surface area contributed by atoms with Gasteiger partial charge >= 0.3 is 0 Å². The fraction of sp³-hybridized carbons (Fsp3) is 0.538. The minimum Gasteiger partial charge on any atom is -0.301 e. The van der Waals surface area contributed by atoms with Crippen LogP contribution in [0.5, 0.6) is 0 Å². The van der Waals surface area contributed by atoms with Crippen molar-refractivity contribution in [2.24, 2.45) is 0 Å². The highest BCUT2D eigenvalue weighted by Gasteiger charge is 2.11. The number of nitrogens with one attached hydrogen (secondary N) is 2. The van der Waals surface area contributed by atoms with E-state index >= 15 is 0 Å². The summed E-state index contributed by atoms with van der Waals surface area (Å²) in [7, 11) is 0. The Morgan fingerprint density at radius 3 is 1.68 bits per heavy atom. The Morgan fingerprint density at radius 2 is 1.28 bits per heavy atom. The first-order chi connectivity index (χ1) is 12.1. The third-order valence-electron chi connectivity index (χ3n) is 2.65. The lowest BCUT2D eigenvalue weighted by molar-refractivity contribution is -0.117. The number of rotatable bonds is 10. The molecular formula is C13H18N6O2S4. The number of aromatic nitrogens is 4. The Bertz CT molecular complexity index is 646. The highest BCUT2D eigenvalue weighted by molar-refractivity contribution is 8.01. The van der Waals surface area contributed by atoms with Gasteiger partial charge in [0, 0.05) is 12.8 Å². The summed E-state index contributed by atoms with van der Waals surface area (Å²) < 4.78 is 1.66. The van der Waals surface area contributed by atoms with E-state index in [1.807, 2.05) is 13.8 Å². The van der Waals surface area contributed by atoms with Crippen molar-refractivity contribution in [3.63, 3.8) is 0 Å². The molecule has 2 N–H and O–H groups in total. The molecule has 2 amide bonds. The number of hydrogen-bond acceptors (Lipinski definition) is 10. The predicted octanol–water partition coefficient (Wildman–Crippen LogP) is 3.36. The van der Waals surface area contributed by atoms with Crippen LogP contribution in [0.25, 0.3) is 0 Å². The molecular weight excluding hydrogens is 400 g/mol. The van der Waals surface area contributed by atoms with Gasteiger partial charge in [-0.3, -0.25) is 9.59 Å². The molecule has 0 aliphatic heterocycles. The molecule has 0 atom stereocenters. The van der Waals surface area contributed by atoms with Gasteiger partial charge in [0.05, 0.1) is 0 Å². The number of nitrogens with zero attached hydrogens (tertiary/aromatic N) is 4. The molecule has 0 aliphatic rings. The van der Waals surface area contributed by atoms with E-state index in [-0.39, 0.29) is 24.7 Å². The minimum atomic E-state index is -0.172. The van der Waals surface area contributed by atoms with Gasteiger partial charge in [0.2, 0.25) is 22.1 Å². The quantitative estimate of drug-likeness (QED) is 0.446. The molecule has 2 aromatic heterocycles. The number of anilines is 2. The van der Waals surface area contributed by atoms with Crippen molar-refractivity contribution < 1.29 is 9.59 Å². The highest BCUT2D eigenvalue weighted by Crippen LogP contribution is 2.26. The van der Waals surface area contributed by atoms with Crippen LogP contribution in [0, 0.1) is 0 Å². The molecule has 0 saturated carbocycles. The Morgan fingerprint density at radius 1 is 0.840 bits per heavy atom. The second-order valence-electron chi connectivity index (χ2n) is 4.56. The van der Waals surface area contributed by atoms with Gasteiger partial charge in [-0.25, -0.2) is 0 Å². The van der Waals surface area contributed by atoms with Gasteiger partial charge in [-0.2, -0.15) is 0 Å². The lowest BCUT2D eigenvalue weighted by atomic mass is 10.2. The van der Waals surface area contributed by atoms with Crippen molar-refractivity contribution in [1.82, 2.24) is 20.4 Å². The molecule has 0 aliphatic carbocycles. The van der Waals surface area contributed by atoms with Gasteiger partial charge in [-0.15, -0.1) is 20.4 Å². The van der Waals surface area contributed by atoms with Crippen LogP contribution in [-0.2, 0) is 9.59 Å². The van der Waals surface area contributed by atoms with E-state index in [4.69, 9.17) is 0 Å². The summed E-state index contributed by atoms with van der Waals surface area (Å²) in [6.45, 7) is 4.06. The third-order valence-corrected chi connectivity index (χ3v) is 6.36. The number of carbonyl (C=O) groups excluding carboxylic acids is 2. The van der Waals surface area contributed by atoms with Crippen molar-refractivity contribution in [3.05, 3.63) is 0 Å². The van der Waals surface area contributed by atoms with Crippen LogP contribution in [0.15, 0.2) is 8.68 Å². The lowest BCUT2D eigenvalue weighted by Crippen LogP contribution is -2.14. The average Bonchev–Trinajstić information content (AvgIpc) is 3.18. The van der Waals surface area contributed by atoms with Crippen molar-refractivity contribution in [3.8, 4) is 0 Å². The SMILES string of the molecule is CCSc1nnc(NC(=O)CCCC(=O)Nc2nnc(SCC)s2)s1. The van der Waals surface area contributed by atoms with E-state index in [0.717, 1.165) is 20.2 Å². The van der Waals surface area contributed by atoms with Crippen LogP contribution in [-0.4, -0.2) is 43.7 Å². The normalized spacial score (nSPS) is 10.6. The molecule has 136 valence electrons. The average molecular weight is 419 g/mol. The van der Waals surface area contributed by atoms with Gasteiger partial charge < -0.3 is 10.6 Å². The van der Waals surface area contributed by atoms with Gasteiger partial charge in [-0.05, 0) is 17.9 Å².